The maximum atomic E-state index is 12.2. The van der Waals surface area contributed by atoms with Gasteiger partial charge in [-0.15, -0.1) is 10.2 Å². The van der Waals surface area contributed by atoms with Crippen LogP contribution >= 0.6 is 0 Å². The van der Waals surface area contributed by atoms with Crippen LogP contribution in [0, 0.1) is 6.92 Å². The molecule has 3 heterocycles. The molecule has 0 aromatic carbocycles. The Labute approximate surface area is 154 Å². The van der Waals surface area contributed by atoms with Gasteiger partial charge >= 0.3 is 0 Å². The summed E-state index contributed by atoms with van der Waals surface area (Å²) in [6.07, 6.45) is 6.51. The second kappa shape index (κ2) is 8.44. The number of hydrogen-bond donors (Lipinski definition) is 0. The van der Waals surface area contributed by atoms with Crippen molar-refractivity contribution in [1.82, 2.24) is 29.2 Å². The quantitative estimate of drug-likeness (QED) is 0.699. The largest absolute Gasteiger partial charge is 0.372 e. The summed E-state index contributed by atoms with van der Waals surface area (Å²) in [5.74, 6) is 3.32. The number of nitrogens with zero attached hydrogens (tertiary/aromatic N) is 6. The first-order valence-electron chi connectivity index (χ1n) is 9.31. The van der Waals surface area contributed by atoms with E-state index >= 15 is 0 Å². The zero-order valence-electron chi connectivity index (χ0n) is 15.9. The van der Waals surface area contributed by atoms with E-state index in [9.17, 15) is 4.79 Å². The van der Waals surface area contributed by atoms with Crippen molar-refractivity contribution in [2.75, 3.05) is 26.3 Å². The summed E-state index contributed by atoms with van der Waals surface area (Å²) in [6, 6.07) is 0. The first-order valence-corrected chi connectivity index (χ1v) is 9.31. The van der Waals surface area contributed by atoms with Crippen LogP contribution in [0.2, 0.25) is 0 Å². The molecule has 2 aromatic heterocycles. The Morgan fingerprint density at radius 2 is 2.08 bits per heavy atom. The Bertz CT molecular complexity index is 730. The van der Waals surface area contributed by atoms with Gasteiger partial charge < -0.3 is 18.8 Å². The number of carbonyl (C=O) groups excluding carboxylic acids is 1. The molecule has 142 valence electrons. The van der Waals surface area contributed by atoms with Gasteiger partial charge in [0, 0.05) is 45.1 Å². The van der Waals surface area contributed by atoms with E-state index in [1.807, 2.05) is 32.0 Å². The van der Waals surface area contributed by atoms with Gasteiger partial charge in [-0.25, -0.2) is 4.98 Å². The highest BCUT2D eigenvalue weighted by atomic mass is 16.5. The Kier molecular flexibility index (Phi) is 6.03. The maximum Gasteiger partial charge on any atom is 0.248 e. The molecule has 0 saturated carbocycles. The number of hydrogen-bond acceptors (Lipinski definition) is 5. The van der Waals surface area contributed by atoms with E-state index in [0.717, 1.165) is 49.8 Å². The van der Waals surface area contributed by atoms with Gasteiger partial charge in [-0.1, -0.05) is 6.92 Å². The molecule has 0 bridgehead atoms. The molecule has 0 spiro atoms. The lowest BCUT2D eigenvalue weighted by atomic mass is 9.96. The van der Waals surface area contributed by atoms with Gasteiger partial charge in [0.1, 0.15) is 18.3 Å². The molecule has 0 aliphatic carbocycles. The van der Waals surface area contributed by atoms with Crippen LogP contribution < -0.4 is 0 Å². The van der Waals surface area contributed by atoms with Crippen LogP contribution in [0.1, 0.15) is 49.6 Å². The summed E-state index contributed by atoms with van der Waals surface area (Å²) < 4.78 is 9.52. The van der Waals surface area contributed by atoms with E-state index in [-0.39, 0.29) is 12.5 Å². The smallest absolute Gasteiger partial charge is 0.248 e. The number of piperidine rings is 1. The SMILES string of the molecule is CCCOCC(=O)N1CCC(c2nnc(Cn3ccnc3C)n2C)CC1. The van der Waals surface area contributed by atoms with Crippen LogP contribution in [0.4, 0.5) is 0 Å². The van der Waals surface area contributed by atoms with Gasteiger partial charge in [-0.05, 0) is 26.2 Å². The van der Waals surface area contributed by atoms with Crippen LogP contribution in [0.5, 0.6) is 0 Å². The minimum absolute atomic E-state index is 0.0890. The number of likely N-dealkylation sites (tertiary alicyclic amines) is 1. The van der Waals surface area contributed by atoms with Gasteiger partial charge in [0.2, 0.25) is 5.91 Å². The highest BCUT2D eigenvalue weighted by molar-refractivity contribution is 5.77. The van der Waals surface area contributed by atoms with Crippen LogP contribution in [0.25, 0.3) is 0 Å². The summed E-state index contributed by atoms with van der Waals surface area (Å²) in [6.45, 7) is 7.02. The van der Waals surface area contributed by atoms with E-state index in [1.165, 1.54) is 0 Å². The summed E-state index contributed by atoms with van der Waals surface area (Å²) in [7, 11) is 2.02. The standard InChI is InChI=1S/C18H28N6O2/c1-4-11-26-13-17(25)23-8-5-15(6-9-23)18-21-20-16(22(18)3)12-24-10-7-19-14(24)2/h7,10,15H,4-6,8-9,11-13H2,1-3H3. The molecular formula is C18H28N6O2. The number of amides is 1. The average Bonchev–Trinajstić information content (AvgIpc) is 3.22. The highest BCUT2D eigenvalue weighted by Crippen LogP contribution is 2.27. The van der Waals surface area contributed by atoms with Crippen molar-refractivity contribution in [3.05, 3.63) is 29.9 Å². The third-order valence-electron chi connectivity index (χ3n) is 5.02. The van der Waals surface area contributed by atoms with Crippen molar-refractivity contribution < 1.29 is 9.53 Å². The van der Waals surface area contributed by atoms with Crippen molar-refractivity contribution in [2.24, 2.45) is 7.05 Å². The van der Waals surface area contributed by atoms with Crippen molar-refractivity contribution >= 4 is 5.91 Å². The van der Waals surface area contributed by atoms with E-state index in [4.69, 9.17) is 4.74 Å². The molecular weight excluding hydrogens is 332 g/mol. The summed E-state index contributed by atoms with van der Waals surface area (Å²) in [5, 5.41) is 8.81. The number of carbonyl (C=O) groups is 1. The van der Waals surface area contributed by atoms with Crippen molar-refractivity contribution in [3.8, 4) is 0 Å². The minimum Gasteiger partial charge on any atom is -0.372 e. The normalized spacial score (nSPS) is 15.6. The topological polar surface area (TPSA) is 78.1 Å². The molecule has 8 nitrogen and oxygen atoms in total. The van der Waals surface area contributed by atoms with Crippen LogP contribution in [0.3, 0.4) is 0 Å². The fourth-order valence-corrected chi connectivity index (χ4v) is 3.37. The second-order valence-electron chi connectivity index (χ2n) is 6.84. The van der Waals surface area contributed by atoms with Crippen LogP contribution in [0.15, 0.2) is 12.4 Å². The summed E-state index contributed by atoms with van der Waals surface area (Å²) in [4.78, 5) is 18.3. The van der Waals surface area contributed by atoms with Gasteiger partial charge in [-0.2, -0.15) is 0 Å². The average molecular weight is 360 g/mol. The first-order chi connectivity index (χ1) is 12.6. The summed E-state index contributed by atoms with van der Waals surface area (Å²) in [5.41, 5.74) is 0. The molecule has 1 amide bonds. The molecule has 3 rings (SSSR count). The van der Waals surface area contributed by atoms with Gasteiger partial charge in [0.25, 0.3) is 0 Å². The third kappa shape index (κ3) is 4.12. The third-order valence-corrected chi connectivity index (χ3v) is 5.02. The molecule has 8 heteroatoms. The Morgan fingerprint density at radius 3 is 2.73 bits per heavy atom. The molecule has 1 fully saturated rings. The Balaban J connectivity index is 1.56. The zero-order valence-corrected chi connectivity index (χ0v) is 15.9. The Morgan fingerprint density at radius 1 is 1.31 bits per heavy atom. The fourth-order valence-electron chi connectivity index (χ4n) is 3.37. The number of aryl methyl sites for hydroxylation is 1. The van der Waals surface area contributed by atoms with Gasteiger partial charge in [0.15, 0.2) is 5.82 Å². The zero-order chi connectivity index (χ0) is 18.5. The minimum atomic E-state index is 0.0890. The van der Waals surface area contributed by atoms with E-state index < -0.39 is 0 Å². The second-order valence-corrected chi connectivity index (χ2v) is 6.84. The van der Waals surface area contributed by atoms with Crippen molar-refractivity contribution in [2.45, 2.75) is 45.6 Å². The van der Waals surface area contributed by atoms with E-state index in [2.05, 4.69) is 24.3 Å². The lowest BCUT2D eigenvalue weighted by Crippen LogP contribution is -2.40. The van der Waals surface area contributed by atoms with Gasteiger partial charge in [0.05, 0.1) is 6.54 Å². The van der Waals surface area contributed by atoms with E-state index in [0.29, 0.717) is 19.1 Å². The Hall–Kier alpha value is -2.22. The molecule has 0 unspecified atom stereocenters. The van der Waals surface area contributed by atoms with Gasteiger partial charge in [-0.3, -0.25) is 4.79 Å². The molecule has 0 radical (unpaired) electrons. The number of rotatable bonds is 7. The molecule has 1 saturated heterocycles. The molecule has 2 aromatic rings. The molecule has 1 aliphatic rings. The maximum absolute atomic E-state index is 12.2. The fraction of sp³-hybridized carbons (Fsp3) is 0.667. The molecule has 0 N–H and O–H groups in total. The number of ether oxygens (including phenoxy) is 1. The first kappa shape index (κ1) is 18.6. The van der Waals surface area contributed by atoms with Crippen LogP contribution in [-0.2, 0) is 23.1 Å². The lowest BCUT2D eigenvalue weighted by molar-refractivity contribution is -0.137. The highest BCUT2D eigenvalue weighted by Gasteiger charge is 2.27. The molecule has 26 heavy (non-hydrogen) atoms. The predicted octanol–water partition coefficient (Wildman–Crippen LogP) is 1.50. The van der Waals surface area contributed by atoms with Crippen LogP contribution in [-0.4, -0.2) is 61.4 Å². The summed E-state index contributed by atoms with van der Waals surface area (Å²) >= 11 is 0. The van der Waals surface area contributed by atoms with E-state index in [1.54, 1.807) is 6.20 Å². The predicted molar refractivity (Wildman–Crippen MR) is 96.7 cm³/mol. The number of imidazole rings is 1. The lowest BCUT2D eigenvalue weighted by Gasteiger charge is -2.31. The monoisotopic (exact) mass is 360 g/mol. The number of aromatic nitrogens is 5. The van der Waals surface area contributed by atoms with Crippen molar-refractivity contribution in [1.29, 1.82) is 0 Å². The molecule has 0 atom stereocenters. The van der Waals surface area contributed by atoms with Crippen molar-refractivity contribution in [3.63, 3.8) is 0 Å². The molecule has 1 aliphatic heterocycles.